The molecule has 2 unspecified atom stereocenters. The van der Waals surface area contributed by atoms with Crippen LogP contribution in [0, 0.1) is 11.8 Å². The first-order chi connectivity index (χ1) is 17.7. The summed E-state index contributed by atoms with van der Waals surface area (Å²) in [6, 6.07) is 8.83. The van der Waals surface area contributed by atoms with Crippen LogP contribution < -0.4 is 4.74 Å². The number of carboxylic acids is 1. The lowest BCUT2D eigenvalue weighted by molar-refractivity contribution is -0.147. The van der Waals surface area contributed by atoms with E-state index in [0.29, 0.717) is 24.1 Å². The first-order valence-electron chi connectivity index (χ1n) is 14.0. The molecule has 0 radical (unpaired) electrons. The first-order valence-corrected chi connectivity index (χ1v) is 14.0. The predicted octanol–water partition coefficient (Wildman–Crippen LogP) is 7.98. The molecule has 202 valence electrons. The van der Waals surface area contributed by atoms with E-state index in [1.807, 2.05) is 13.0 Å². The van der Waals surface area contributed by atoms with Crippen LogP contribution in [0.3, 0.4) is 0 Å². The number of halogens is 3. The molecular weight excluding hydrogens is 479 g/mol. The van der Waals surface area contributed by atoms with Gasteiger partial charge in [-0.1, -0.05) is 38.0 Å². The van der Waals surface area contributed by atoms with Crippen molar-refractivity contribution in [2.24, 2.45) is 11.8 Å². The van der Waals surface area contributed by atoms with E-state index >= 15 is 0 Å². The van der Waals surface area contributed by atoms with E-state index in [4.69, 9.17) is 4.74 Å². The van der Waals surface area contributed by atoms with Crippen molar-refractivity contribution in [1.29, 1.82) is 0 Å². The molecule has 2 saturated heterocycles. The number of aliphatic carboxylic acids is 1. The lowest BCUT2D eigenvalue weighted by Gasteiger charge is -2.51. The zero-order valence-corrected chi connectivity index (χ0v) is 21.8. The average Bonchev–Trinajstić information content (AvgIpc) is 2.86. The number of fused-ring (bicyclic) bond motifs is 3. The fraction of sp³-hybridized carbons (Fsp3) is 0.633. The summed E-state index contributed by atoms with van der Waals surface area (Å²) in [6.45, 7) is 4.21. The third kappa shape index (κ3) is 5.34. The Kier molecular flexibility index (Phi) is 7.45. The maximum Gasteiger partial charge on any atom is 0.420 e. The third-order valence-electron chi connectivity index (χ3n) is 9.27. The van der Waals surface area contributed by atoms with Gasteiger partial charge in [0, 0.05) is 18.1 Å². The van der Waals surface area contributed by atoms with E-state index in [9.17, 15) is 23.1 Å². The minimum atomic E-state index is -4.53. The zero-order chi connectivity index (χ0) is 26.3. The van der Waals surface area contributed by atoms with Crippen LogP contribution in [0.5, 0.6) is 5.75 Å². The largest absolute Gasteiger partial charge is 0.490 e. The highest BCUT2D eigenvalue weighted by atomic mass is 19.4. The molecule has 2 aliphatic heterocycles. The SMILES string of the molecule is CC[C@H]1CC[C@@H](Oc2ccc3ccc([C@@H](C)N4C5CCCC4CC(C(=O)O)C5)cc3c2C(F)(F)F)CC1. The molecular formula is C30H38F3NO3. The number of carboxylic acid groups (broad SMARTS) is 1. The second-order valence-corrected chi connectivity index (χ2v) is 11.5. The molecule has 0 amide bonds. The van der Waals surface area contributed by atoms with Crippen molar-refractivity contribution in [3.8, 4) is 5.75 Å². The molecule has 2 aromatic carbocycles. The molecule has 2 bridgehead atoms. The van der Waals surface area contributed by atoms with Crippen molar-refractivity contribution in [3.63, 3.8) is 0 Å². The van der Waals surface area contributed by atoms with Crippen molar-refractivity contribution in [3.05, 3.63) is 41.5 Å². The number of carbonyl (C=O) groups is 1. The summed E-state index contributed by atoms with van der Waals surface area (Å²) >= 11 is 0. The summed E-state index contributed by atoms with van der Waals surface area (Å²) in [5.74, 6) is -0.494. The van der Waals surface area contributed by atoms with Gasteiger partial charge in [-0.25, -0.2) is 0 Å². The van der Waals surface area contributed by atoms with E-state index in [0.717, 1.165) is 56.9 Å². The van der Waals surface area contributed by atoms with Crippen molar-refractivity contribution in [2.75, 3.05) is 0 Å². The Morgan fingerprint density at radius 3 is 2.30 bits per heavy atom. The van der Waals surface area contributed by atoms with Crippen LogP contribution in [0.2, 0.25) is 0 Å². The Morgan fingerprint density at radius 1 is 1.05 bits per heavy atom. The number of hydrogen-bond donors (Lipinski definition) is 1. The molecule has 0 aromatic heterocycles. The van der Waals surface area contributed by atoms with Gasteiger partial charge in [0.05, 0.1) is 12.0 Å². The standard InChI is InChI=1S/C30H38F3NO3/c1-3-19-7-12-25(13-8-19)37-27-14-11-20-9-10-21(17-26(20)28(27)30(31,32)33)18(2)34-23-5-4-6-24(34)16-22(15-23)29(35)36/h9-11,14,17-19,22-25H,3-8,12-13,15-16H2,1-2H3,(H,35,36)/t18-,19-,22?,23?,24?,25+/m1/s1. The second-order valence-electron chi connectivity index (χ2n) is 11.5. The zero-order valence-electron chi connectivity index (χ0n) is 21.8. The minimum Gasteiger partial charge on any atom is -0.490 e. The van der Waals surface area contributed by atoms with E-state index in [-0.39, 0.29) is 41.3 Å². The van der Waals surface area contributed by atoms with Crippen LogP contribution in [-0.4, -0.2) is 34.2 Å². The molecule has 7 heteroatoms. The van der Waals surface area contributed by atoms with Crippen LogP contribution in [-0.2, 0) is 11.0 Å². The lowest BCUT2D eigenvalue weighted by atomic mass is 9.77. The molecule has 3 aliphatic rings. The fourth-order valence-electron chi connectivity index (χ4n) is 7.23. The molecule has 0 spiro atoms. The summed E-state index contributed by atoms with van der Waals surface area (Å²) in [4.78, 5) is 14.1. The maximum absolute atomic E-state index is 14.5. The van der Waals surface area contributed by atoms with Gasteiger partial charge in [0.15, 0.2) is 0 Å². The number of piperidine rings is 2. The van der Waals surface area contributed by atoms with Gasteiger partial charge in [-0.15, -0.1) is 0 Å². The van der Waals surface area contributed by atoms with Crippen molar-refractivity contribution in [2.45, 2.75) is 108 Å². The van der Waals surface area contributed by atoms with Crippen molar-refractivity contribution >= 4 is 16.7 Å². The Hall–Kier alpha value is -2.28. The Bertz CT molecular complexity index is 1110. The molecule has 1 saturated carbocycles. The van der Waals surface area contributed by atoms with E-state index in [2.05, 4.69) is 11.8 Å². The molecule has 1 N–H and O–H groups in total. The van der Waals surface area contributed by atoms with E-state index in [1.54, 1.807) is 18.2 Å². The lowest BCUT2D eigenvalue weighted by Crippen LogP contribution is -2.53. The van der Waals surface area contributed by atoms with Gasteiger partial charge in [0.2, 0.25) is 0 Å². The summed E-state index contributed by atoms with van der Waals surface area (Å²) < 4.78 is 49.5. The minimum absolute atomic E-state index is 0.0658. The number of benzene rings is 2. The number of hydrogen-bond acceptors (Lipinski definition) is 3. The summed E-state index contributed by atoms with van der Waals surface area (Å²) in [5, 5.41) is 10.3. The molecule has 3 fully saturated rings. The predicted molar refractivity (Wildman–Crippen MR) is 138 cm³/mol. The van der Waals surface area contributed by atoms with Crippen LogP contribution in [0.25, 0.3) is 10.8 Å². The summed E-state index contributed by atoms with van der Waals surface area (Å²) in [6.07, 6.45) is 4.12. The van der Waals surface area contributed by atoms with Gasteiger partial charge in [-0.3, -0.25) is 9.69 Å². The monoisotopic (exact) mass is 517 g/mol. The van der Waals surface area contributed by atoms with Gasteiger partial charge in [0.25, 0.3) is 0 Å². The highest BCUT2D eigenvalue weighted by Gasteiger charge is 2.43. The maximum atomic E-state index is 14.5. The Balaban J connectivity index is 1.46. The van der Waals surface area contributed by atoms with Crippen LogP contribution in [0.1, 0.15) is 95.2 Å². The second kappa shape index (κ2) is 10.5. The van der Waals surface area contributed by atoms with E-state index < -0.39 is 17.7 Å². The van der Waals surface area contributed by atoms with Crippen molar-refractivity contribution < 1.29 is 27.8 Å². The number of rotatable bonds is 6. The Labute approximate surface area is 217 Å². The average molecular weight is 518 g/mol. The summed E-state index contributed by atoms with van der Waals surface area (Å²) in [7, 11) is 0. The smallest absolute Gasteiger partial charge is 0.420 e. The van der Waals surface area contributed by atoms with Gasteiger partial charge < -0.3 is 9.84 Å². The van der Waals surface area contributed by atoms with Gasteiger partial charge >= 0.3 is 12.1 Å². The number of alkyl halides is 3. The van der Waals surface area contributed by atoms with Crippen LogP contribution in [0.4, 0.5) is 13.2 Å². The third-order valence-corrected chi connectivity index (χ3v) is 9.27. The number of ether oxygens (including phenoxy) is 1. The van der Waals surface area contributed by atoms with Gasteiger partial charge in [-0.2, -0.15) is 13.2 Å². The van der Waals surface area contributed by atoms with E-state index in [1.165, 1.54) is 6.07 Å². The van der Waals surface area contributed by atoms with Crippen LogP contribution >= 0.6 is 0 Å². The molecule has 2 aromatic rings. The Morgan fingerprint density at radius 2 is 1.70 bits per heavy atom. The first kappa shape index (κ1) is 26.3. The molecule has 37 heavy (non-hydrogen) atoms. The number of nitrogens with zero attached hydrogens (tertiary/aromatic N) is 1. The van der Waals surface area contributed by atoms with Gasteiger partial charge in [0.1, 0.15) is 11.3 Å². The summed E-state index contributed by atoms with van der Waals surface area (Å²) in [5.41, 5.74) is 0.158. The normalized spacial score (nSPS) is 29.7. The molecule has 5 rings (SSSR count). The molecule has 2 heterocycles. The fourth-order valence-corrected chi connectivity index (χ4v) is 7.23. The topological polar surface area (TPSA) is 49.8 Å². The van der Waals surface area contributed by atoms with Crippen LogP contribution in [0.15, 0.2) is 30.3 Å². The molecule has 3 atom stereocenters. The van der Waals surface area contributed by atoms with Crippen molar-refractivity contribution in [1.82, 2.24) is 4.90 Å². The van der Waals surface area contributed by atoms with Gasteiger partial charge in [-0.05, 0) is 92.7 Å². The highest BCUT2D eigenvalue weighted by Crippen LogP contribution is 2.45. The highest BCUT2D eigenvalue weighted by molar-refractivity contribution is 5.89. The molecule has 1 aliphatic carbocycles. The molecule has 4 nitrogen and oxygen atoms in total. The quantitative estimate of drug-likeness (QED) is 0.422.